The molecular formula is C14H14N4O. The van der Waals surface area contributed by atoms with Crippen molar-refractivity contribution in [3.63, 3.8) is 0 Å². The first-order chi connectivity index (χ1) is 9.20. The van der Waals surface area contributed by atoms with E-state index in [4.69, 9.17) is 0 Å². The Bertz CT molecular complexity index is 783. The molecule has 0 unspecified atom stereocenters. The molecule has 1 aromatic carbocycles. The number of rotatable bonds is 2. The van der Waals surface area contributed by atoms with Gasteiger partial charge in [0, 0.05) is 6.54 Å². The normalized spacial score (nSPS) is 11.1. The topological polar surface area (TPSA) is 52.7 Å². The van der Waals surface area contributed by atoms with Crippen molar-refractivity contribution in [1.29, 1.82) is 0 Å². The van der Waals surface area contributed by atoms with Crippen molar-refractivity contribution in [1.82, 2.24) is 19.1 Å². The Morgan fingerprint density at radius 1 is 1.11 bits per heavy atom. The molecule has 0 radical (unpaired) electrons. The van der Waals surface area contributed by atoms with E-state index in [1.807, 2.05) is 42.7 Å². The summed E-state index contributed by atoms with van der Waals surface area (Å²) < 4.78 is 3.38. The maximum atomic E-state index is 12.4. The molecule has 0 saturated carbocycles. The Morgan fingerprint density at radius 2 is 1.84 bits per heavy atom. The molecule has 2 heterocycles. The van der Waals surface area contributed by atoms with Gasteiger partial charge < -0.3 is 4.57 Å². The van der Waals surface area contributed by atoms with E-state index in [2.05, 4.69) is 9.97 Å². The highest BCUT2D eigenvalue weighted by Crippen LogP contribution is 2.09. The van der Waals surface area contributed by atoms with Gasteiger partial charge in [0.15, 0.2) is 11.2 Å². The molecule has 5 nitrogen and oxygen atoms in total. The number of benzene rings is 1. The third-order valence-corrected chi connectivity index (χ3v) is 3.18. The second kappa shape index (κ2) is 4.35. The predicted molar refractivity (Wildman–Crippen MR) is 73.5 cm³/mol. The fourth-order valence-corrected chi connectivity index (χ4v) is 2.06. The summed E-state index contributed by atoms with van der Waals surface area (Å²) in [6.45, 7) is 4.75. The summed E-state index contributed by atoms with van der Waals surface area (Å²) in [7, 11) is 0. The summed E-state index contributed by atoms with van der Waals surface area (Å²) in [5.41, 5.74) is 2.86. The lowest BCUT2D eigenvalue weighted by molar-refractivity contribution is 0.775. The van der Waals surface area contributed by atoms with E-state index in [1.165, 1.54) is 4.57 Å². The van der Waals surface area contributed by atoms with Crippen LogP contribution in [0, 0.1) is 6.92 Å². The van der Waals surface area contributed by atoms with Crippen LogP contribution < -0.4 is 5.56 Å². The van der Waals surface area contributed by atoms with Crippen LogP contribution in [0.3, 0.4) is 0 Å². The van der Waals surface area contributed by atoms with E-state index < -0.39 is 0 Å². The Morgan fingerprint density at radius 3 is 2.53 bits per heavy atom. The molecule has 96 valence electrons. The average Bonchev–Trinajstić information content (AvgIpc) is 2.84. The van der Waals surface area contributed by atoms with Gasteiger partial charge in [0.05, 0.1) is 12.0 Å². The molecular weight excluding hydrogens is 240 g/mol. The number of hydrogen-bond acceptors (Lipinski definition) is 3. The van der Waals surface area contributed by atoms with E-state index in [0.29, 0.717) is 11.2 Å². The second-order valence-electron chi connectivity index (χ2n) is 4.46. The standard InChI is InChI=1S/C14H14N4O/c1-3-17-8-15-12-13(17)16-9-18(14(12)19)11-6-4-10(2)5-7-11/h4-9H,3H2,1-2H3. The van der Waals surface area contributed by atoms with Crippen LogP contribution >= 0.6 is 0 Å². The van der Waals surface area contributed by atoms with Gasteiger partial charge in [-0.1, -0.05) is 17.7 Å². The number of hydrogen-bond donors (Lipinski definition) is 0. The molecule has 0 spiro atoms. The smallest absolute Gasteiger partial charge is 0.286 e. The molecule has 2 aromatic heterocycles. The summed E-state index contributed by atoms with van der Waals surface area (Å²) in [5, 5.41) is 0. The maximum Gasteiger partial charge on any atom is 0.286 e. The lowest BCUT2D eigenvalue weighted by Crippen LogP contribution is -2.19. The van der Waals surface area contributed by atoms with Crippen molar-refractivity contribution in [2.75, 3.05) is 0 Å². The molecule has 0 bridgehead atoms. The molecule has 0 fully saturated rings. The van der Waals surface area contributed by atoms with Crippen LogP contribution in [0.1, 0.15) is 12.5 Å². The van der Waals surface area contributed by atoms with Crippen LogP contribution in [-0.4, -0.2) is 19.1 Å². The number of nitrogens with zero attached hydrogens (tertiary/aromatic N) is 4. The molecule has 0 N–H and O–H groups in total. The van der Waals surface area contributed by atoms with Gasteiger partial charge in [-0.3, -0.25) is 9.36 Å². The molecule has 0 aliphatic heterocycles. The van der Waals surface area contributed by atoms with Crippen molar-refractivity contribution in [3.05, 3.63) is 52.8 Å². The molecule has 0 saturated heterocycles. The highest BCUT2D eigenvalue weighted by atomic mass is 16.1. The van der Waals surface area contributed by atoms with Crippen molar-refractivity contribution in [3.8, 4) is 5.69 Å². The lowest BCUT2D eigenvalue weighted by atomic mass is 10.2. The number of fused-ring (bicyclic) bond motifs is 1. The summed E-state index contributed by atoms with van der Waals surface area (Å²) >= 11 is 0. The van der Waals surface area contributed by atoms with Crippen molar-refractivity contribution in [2.24, 2.45) is 0 Å². The molecule has 0 aliphatic rings. The van der Waals surface area contributed by atoms with Crippen LogP contribution in [0.5, 0.6) is 0 Å². The minimum absolute atomic E-state index is 0.138. The van der Waals surface area contributed by atoms with Gasteiger partial charge in [0.1, 0.15) is 6.33 Å². The molecule has 0 aliphatic carbocycles. The zero-order chi connectivity index (χ0) is 13.4. The number of aromatic nitrogens is 4. The SMILES string of the molecule is CCn1cnc2c(=O)n(-c3ccc(C)cc3)cnc21. The van der Waals surface area contributed by atoms with Gasteiger partial charge in [-0.25, -0.2) is 9.97 Å². The fraction of sp³-hybridized carbons (Fsp3) is 0.214. The van der Waals surface area contributed by atoms with E-state index in [9.17, 15) is 4.79 Å². The van der Waals surface area contributed by atoms with Gasteiger partial charge in [-0.15, -0.1) is 0 Å². The molecule has 19 heavy (non-hydrogen) atoms. The molecule has 0 amide bonds. The Kier molecular flexibility index (Phi) is 2.67. The van der Waals surface area contributed by atoms with Crippen LogP contribution in [0.4, 0.5) is 0 Å². The Balaban J connectivity index is 2.23. The van der Waals surface area contributed by atoms with E-state index >= 15 is 0 Å². The maximum absolute atomic E-state index is 12.4. The van der Waals surface area contributed by atoms with Gasteiger partial charge >= 0.3 is 0 Å². The average molecular weight is 254 g/mol. The molecule has 3 rings (SSSR count). The minimum atomic E-state index is -0.138. The minimum Gasteiger partial charge on any atom is -0.315 e. The second-order valence-corrected chi connectivity index (χ2v) is 4.46. The third kappa shape index (κ3) is 1.83. The molecule has 0 atom stereocenters. The van der Waals surface area contributed by atoms with Crippen molar-refractivity contribution < 1.29 is 0 Å². The van der Waals surface area contributed by atoms with Crippen LogP contribution in [0.25, 0.3) is 16.9 Å². The summed E-state index contributed by atoms with van der Waals surface area (Å²) in [6.07, 6.45) is 3.21. The number of imidazole rings is 1. The fourth-order valence-electron chi connectivity index (χ4n) is 2.06. The summed E-state index contributed by atoms with van der Waals surface area (Å²) in [5.74, 6) is 0. The largest absolute Gasteiger partial charge is 0.315 e. The Labute approximate surface area is 110 Å². The highest BCUT2D eigenvalue weighted by Gasteiger charge is 2.10. The van der Waals surface area contributed by atoms with Crippen LogP contribution in [0.2, 0.25) is 0 Å². The summed E-state index contributed by atoms with van der Waals surface area (Å²) in [4.78, 5) is 20.9. The van der Waals surface area contributed by atoms with Crippen molar-refractivity contribution >= 4 is 11.2 Å². The van der Waals surface area contributed by atoms with Crippen LogP contribution in [0.15, 0.2) is 41.7 Å². The van der Waals surface area contributed by atoms with Gasteiger partial charge in [-0.05, 0) is 26.0 Å². The molecule has 3 aromatic rings. The first-order valence-corrected chi connectivity index (χ1v) is 6.20. The van der Waals surface area contributed by atoms with E-state index in [-0.39, 0.29) is 5.56 Å². The van der Waals surface area contributed by atoms with Crippen LogP contribution in [-0.2, 0) is 6.54 Å². The van der Waals surface area contributed by atoms with E-state index in [0.717, 1.165) is 17.8 Å². The first-order valence-electron chi connectivity index (χ1n) is 6.20. The third-order valence-electron chi connectivity index (χ3n) is 3.18. The first kappa shape index (κ1) is 11.6. The molecule has 5 heteroatoms. The zero-order valence-corrected chi connectivity index (χ0v) is 10.9. The number of aryl methyl sites for hydroxylation is 2. The van der Waals surface area contributed by atoms with Gasteiger partial charge in [0.25, 0.3) is 5.56 Å². The monoisotopic (exact) mass is 254 g/mol. The lowest BCUT2D eigenvalue weighted by Gasteiger charge is -2.05. The van der Waals surface area contributed by atoms with Crippen molar-refractivity contribution in [2.45, 2.75) is 20.4 Å². The quantitative estimate of drug-likeness (QED) is 0.702. The predicted octanol–water partition coefficient (Wildman–Crippen LogP) is 1.91. The van der Waals surface area contributed by atoms with Gasteiger partial charge in [0.2, 0.25) is 0 Å². The van der Waals surface area contributed by atoms with Gasteiger partial charge in [-0.2, -0.15) is 0 Å². The highest BCUT2D eigenvalue weighted by molar-refractivity contribution is 5.69. The zero-order valence-electron chi connectivity index (χ0n) is 10.9. The summed E-state index contributed by atoms with van der Waals surface area (Å²) in [6, 6.07) is 7.75. The van der Waals surface area contributed by atoms with E-state index in [1.54, 1.807) is 12.7 Å². The Hall–Kier alpha value is -2.43.